The third kappa shape index (κ3) is 8.73. The molecule has 3 amide bonds. The molecule has 0 saturated carbocycles. The minimum absolute atomic E-state index is 0.0602. The molecule has 0 radical (unpaired) electrons. The molecule has 0 aliphatic heterocycles. The number of aliphatic carboxylic acids is 1. The van der Waals surface area contributed by atoms with Crippen molar-refractivity contribution in [2.24, 2.45) is 11.7 Å². The van der Waals surface area contributed by atoms with E-state index < -0.39 is 41.8 Å². The predicted octanol–water partition coefficient (Wildman–Crippen LogP) is -0.207. The van der Waals surface area contributed by atoms with Crippen molar-refractivity contribution in [2.45, 2.75) is 51.7 Å². The lowest BCUT2D eigenvalue weighted by Gasteiger charge is -2.24. The largest absolute Gasteiger partial charge is 0.480 e. The molecule has 0 aromatic heterocycles. The fourth-order valence-corrected chi connectivity index (χ4v) is 2.69. The third-order valence-electron chi connectivity index (χ3n) is 4.19. The lowest BCUT2D eigenvalue weighted by molar-refractivity contribution is -0.142. The van der Waals surface area contributed by atoms with Crippen molar-refractivity contribution in [3.63, 3.8) is 0 Å². The fraction of sp³-hybridized carbons (Fsp3) is 0.500. The molecule has 0 spiro atoms. The van der Waals surface area contributed by atoms with E-state index in [1.54, 1.807) is 24.3 Å². The minimum atomic E-state index is -1.14. The SMILES string of the molecule is CC(C)C[C@H](NC(=O)[C@H](Cc1ccccc1)NC(=O)[C@H](C)NC(=O)CN)C(=O)O. The Balaban J connectivity index is 2.94. The van der Waals surface area contributed by atoms with Gasteiger partial charge in [0.25, 0.3) is 0 Å². The van der Waals surface area contributed by atoms with Crippen LogP contribution in [0.4, 0.5) is 0 Å². The van der Waals surface area contributed by atoms with Gasteiger partial charge in [0.15, 0.2) is 0 Å². The number of rotatable bonds is 11. The highest BCUT2D eigenvalue weighted by atomic mass is 16.4. The molecule has 0 bridgehead atoms. The summed E-state index contributed by atoms with van der Waals surface area (Å²) < 4.78 is 0. The Labute approximate surface area is 170 Å². The van der Waals surface area contributed by atoms with Crippen molar-refractivity contribution >= 4 is 23.7 Å². The molecule has 29 heavy (non-hydrogen) atoms. The molecule has 0 fully saturated rings. The zero-order chi connectivity index (χ0) is 22.0. The normalized spacial score (nSPS) is 13.8. The Bertz CT molecular complexity index is 708. The van der Waals surface area contributed by atoms with E-state index in [2.05, 4.69) is 16.0 Å². The van der Waals surface area contributed by atoms with Crippen LogP contribution in [0, 0.1) is 5.92 Å². The monoisotopic (exact) mass is 406 g/mol. The van der Waals surface area contributed by atoms with Gasteiger partial charge in [-0.3, -0.25) is 14.4 Å². The first kappa shape index (κ1) is 24.1. The summed E-state index contributed by atoms with van der Waals surface area (Å²) in [7, 11) is 0. The average molecular weight is 406 g/mol. The third-order valence-corrected chi connectivity index (χ3v) is 4.19. The van der Waals surface area contributed by atoms with Crippen LogP contribution >= 0.6 is 0 Å². The molecule has 0 aliphatic rings. The highest BCUT2D eigenvalue weighted by molar-refractivity contribution is 5.93. The summed E-state index contributed by atoms with van der Waals surface area (Å²) in [5.41, 5.74) is 6.03. The molecule has 3 atom stereocenters. The smallest absolute Gasteiger partial charge is 0.326 e. The Kier molecular flexibility index (Phi) is 9.81. The van der Waals surface area contributed by atoms with Gasteiger partial charge in [0.2, 0.25) is 17.7 Å². The zero-order valence-corrected chi connectivity index (χ0v) is 17.0. The topological polar surface area (TPSA) is 151 Å². The number of carboxylic acids is 1. The van der Waals surface area contributed by atoms with E-state index >= 15 is 0 Å². The Hall–Kier alpha value is -2.94. The second-order valence-corrected chi connectivity index (χ2v) is 7.27. The summed E-state index contributed by atoms with van der Waals surface area (Å²) in [5.74, 6) is -2.75. The fourth-order valence-electron chi connectivity index (χ4n) is 2.69. The lowest BCUT2D eigenvalue weighted by Crippen LogP contribution is -2.56. The highest BCUT2D eigenvalue weighted by Gasteiger charge is 2.28. The van der Waals surface area contributed by atoms with Gasteiger partial charge in [0, 0.05) is 6.42 Å². The second kappa shape index (κ2) is 11.8. The second-order valence-electron chi connectivity index (χ2n) is 7.27. The van der Waals surface area contributed by atoms with Gasteiger partial charge in [-0.25, -0.2) is 4.79 Å². The van der Waals surface area contributed by atoms with Crippen LogP contribution in [0.15, 0.2) is 30.3 Å². The van der Waals surface area contributed by atoms with E-state index in [1.165, 1.54) is 6.92 Å². The molecule has 1 aromatic carbocycles. The number of hydrogen-bond donors (Lipinski definition) is 5. The van der Waals surface area contributed by atoms with Crippen LogP contribution in [0.1, 0.15) is 32.8 Å². The summed E-state index contributed by atoms with van der Waals surface area (Å²) in [6.07, 6.45) is 0.431. The molecular weight excluding hydrogens is 376 g/mol. The van der Waals surface area contributed by atoms with Crippen LogP contribution in [0.3, 0.4) is 0 Å². The minimum Gasteiger partial charge on any atom is -0.480 e. The lowest BCUT2D eigenvalue weighted by atomic mass is 10.0. The summed E-state index contributed by atoms with van der Waals surface area (Å²) in [5, 5.41) is 16.9. The van der Waals surface area contributed by atoms with Crippen molar-refractivity contribution in [1.29, 1.82) is 0 Å². The van der Waals surface area contributed by atoms with Gasteiger partial charge in [-0.1, -0.05) is 44.2 Å². The number of nitrogens with two attached hydrogens (primary N) is 1. The first-order chi connectivity index (χ1) is 13.6. The molecule has 6 N–H and O–H groups in total. The van der Waals surface area contributed by atoms with Crippen molar-refractivity contribution in [1.82, 2.24) is 16.0 Å². The molecular formula is C20H30N4O5. The highest BCUT2D eigenvalue weighted by Crippen LogP contribution is 2.08. The number of carboxylic acid groups (broad SMARTS) is 1. The van der Waals surface area contributed by atoms with E-state index in [9.17, 15) is 24.3 Å². The number of nitrogens with one attached hydrogen (secondary N) is 3. The summed E-state index contributed by atoms with van der Waals surface area (Å²) in [6, 6.07) is 6.06. The molecule has 1 rings (SSSR count). The maximum Gasteiger partial charge on any atom is 0.326 e. The molecule has 0 heterocycles. The van der Waals surface area contributed by atoms with Crippen molar-refractivity contribution in [3.05, 3.63) is 35.9 Å². The molecule has 1 aromatic rings. The van der Waals surface area contributed by atoms with Crippen LogP contribution < -0.4 is 21.7 Å². The molecule has 0 unspecified atom stereocenters. The van der Waals surface area contributed by atoms with E-state index in [0.29, 0.717) is 0 Å². The number of benzene rings is 1. The first-order valence-electron chi connectivity index (χ1n) is 9.50. The van der Waals surface area contributed by atoms with Crippen molar-refractivity contribution in [2.75, 3.05) is 6.54 Å². The van der Waals surface area contributed by atoms with Gasteiger partial charge in [0.1, 0.15) is 18.1 Å². The van der Waals surface area contributed by atoms with Crippen LogP contribution in [-0.4, -0.2) is 53.5 Å². The van der Waals surface area contributed by atoms with Crippen LogP contribution in [0.5, 0.6) is 0 Å². The van der Waals surface area contributed by atoms with Gasteiger partial charge in [0.05, 0.1) is 6.54 Å². The molecule has 9 heteroatoms. The van der Waals surface area contributed by atoms with Gasteiger partial charge < -0.3 is 26.8 Å². The van der Waals surface area contributed by atoms with Gasteiger partial charge in [-0.2, -0.15) is 0 Å². The van der Waals surface area contributed by atoms with Crippen molar-refractivity contribution < 1.29 is 24.3 Å². The number of carbonyl (C=O) groups excluding carboxylic acids is 3. The van der Waals surface area contributed by atoms with E-state index in [1.807, 2.05) is 19.9 Å². The Morgan fingerprint density at radius 2 is 1.52 bits per heavy atom. The van der Waals surface area contributed by atoms with Gasteiger partial charge >= 0.3 is 5.97 Å². The molecule has 0 aliphatic carbocycles. The van der Waals surface area contributed by atoms with Crippen LogP contribution in [0.2, 0.25) is 0 Å². The van der Waals surface area contributed by atoms with E-state index in [4.69, 9.17) is 5.73 Å². The van der Waals surface area contributed by atoms with Gasteiger partial charge in [-0.05, 0) is 24.8 Å². The average Bonchev–Trinajstić information content (AvgIpc) is 2.66. The quantitative estimate of drug-likeness (QED) is 0.343. The number of carbonyl (C=O) groups is 4. The van der Waals surface area contributed by atoms with Crippen molar-refractivity contribution in [3.8, 4) is 0 Å². The van der Waals surface area contributed by atoms with Gasteiger partial charge in [-0.15, -0.1) is 0 Å². The zero-order valence-electron chi connectivity index (χ0n) is 17.0. The summed E-state index contributed by atoms with van der Waals surface area (Å²) >= 11 is 0. The maximum absolute atomic E-state index is 12.8. The summed E-state index contributed by atoms with van der Waals surface area (Å²) in [6.45, 7) is 4.92. The van der Waals surface area contributed by atoms with Crippen LogP contribution in [0.25, 0.3) is 0 Å². The first-order valence-corrected chi connectivity index (χ1v) is 9.50. The maximum atomic E-state index is 12.8. The molecule has 9 nitrogen and oxygen atoms in total. The van der Waals surface area contributed by atoms with Crippen LogP contribution in [-0.2, 0) is 25.6 Å². The Morgan fingerprint density at radius 3 is 2.03 bits per heavy atom. The molecule has 160 valence electrons. The van der Waals surface area contributed by atoms with E-state index in [0.717, 1.165) is 5.56 Å². The predicted molar refractivity (Wildman–Crippen MR) is 108 cm³/mol. The number of amides is 3. The summed E-state index contributed by atoms with van der Waals surface area (Å²) in [4.78, 5) is 48.1. The Morgan fingerprint density at radius 1 is 0.931 bits per heavy atom. The van der Waals surface area contributed by atoms with E-state index in [-0.39, 0.29) is 25.3 Å². The molecule has 0 saturated heterocycles. The standard InChI is InChI=1S/C20H30N4O5/c1-12(2)9-16(20(28)29)24-19(27)15(10-14-7-5-4-6-8-14)23-18(26)13(3)22-17(25)11-21/h4-8,12-13,15-16H,9-11,21H2,1-3H3,(H,22,25)(H,23,26)(H,24,27)(H,28,29)/t13-,15-,16-/m0/s1. The number of hydrogen-bond acceptors (Lipinski definition) is 5.